The summed E-state index contributed by atoms with van der Waals surface area (Å²) in [4.78, 5) is 13.8. The molecule has 156 valence electrons. The van der Waals surface area contributed by atoms with Crippen molar-refractivity contribution in [1.29, 1.82) is 0 Å². The van der Waals surface area contributed by atoms with Crippen LogP contribution >= 0.6 is 0 Å². The first-order chi connectivity index (χ1) is 13.4. The maximum absolute atomic E-state index is 10.6. The van der Waals surface area contributed by atoms with Gasteiger partial charge in [0.05, 0.1) is 5.69 Å². The Hall–Kier alpha value is -1.05. The van der Waals surface area contributed by atoms with E-state index >= 15 is 0 Å². The zero-order valence-corrected chi connectivity index (χ0v) is 18.1. The van der Waals surface area contributed by atoms with Crippen molar-refractivity contribution in [1.82, 2.24) is 4.98 Å². The van der Waals surface area contributed by atoms with E-state index in [4.69, 9.17) is 0 Å². The lowest BCUT2D eigenvalue weighted by atomic mass is 10.0. The number of rotatable bonds is 20. The van der Waals surface area contributed by atoms with Crippen LogP contribution < -0.4 is 0 Å². The van der Waals surface area contributed by atoms with Gasteiger partial charge in [-0.3, -0.25) is 4.79 Å². The Morgan fingerprint density at radius 3 is 1.41 bits per heavy atom. The minimum atomic E-state index is 0.701. The highest BCUT2D eigenvalue weighted by molar-refractivity contribution is 5.71. The molecule has 0 amide bonds. The zero-order valence-electron chi connectivity index (χ0n) is 18.1. The van der Waals surface area contributed by atoms with Crippen molar-refractivity contribution in [3.8, 4) is 0 Å². The Bertz CT molecular complexity index is 437. The molecule has 0 bridgehead atoms. The number of unbranched alkanes of at least 4 members (excludes halogenated alkanes) is 17. The third kappa shape index (κ3) is 14.7. The molecule has 0 aromatic carbocycles. The standard InChI is InChI=1S/C25H45NO/c1-2-3-4-5-6-7-8-9-10-11-12-13-14-15-16-17-18-19-20-24-21-22-25(23-27)26-24/h21-23,26H,2-20H2,1H3. The summed E-state index contributed by atoms with van der Waals surface area (Å²) in [7, 11) is 0. The molecule has 2 nitrogen and oxygen atoms in total. The first kappa shape index (κ1) is 24.0. The van der Waals surface area contributed by atoms with Crippen molar-refractivity contribution in [2.75, 3.05) is 0 Å². The van der Waals surface area contributed by atoms with Gasteiger partial charge in [-0.25, -0.2) is 0 Å². The van der Waals surface area contributed by atoms with Crippen LogP contribution in [0.15, 0.2) is 12.1 Å². The monoisotopic (exact) mass is 375 g/mol. The van der Waals surface area contributed by atoms with Gasteiger partial charge in [0, 0.05) is 5.69 Å². The first-order valence-electron chi connectivity index (χ1n) is 12.0. The van der Waals surface area contributed by atoms with Crippen LogP contribution in [0.2, 0.25) is 0 Å². The molecule has 0 spiro atoms. The molecular weight excluding hydrogens is 330 g/mol. The van der Waals surface area contributed by atoms with Crippen molar-refractivity contribution in [2.24, 2.45) is 0 Å². The van der Waals surface area contributed by atoms with E-state index in [1.54, 1.807) is 0 Å². The molecule has 0 aliphatic carbocycles. The summed E-state index contributed by atoms with van der Waals surface area (Å²) >= 11 is 0. The van der Waals surface area contributed by atoms with Gasteiger partial charge >= 0.3 is 0 Å². The number of aldehydes is 1. The minimum Gasteiger partial charge on any atom is -0.356 e. The number of carbonyl (C=O) groups is 1. The van der Waals surface area contributed by atoms with E-state index in [1.165, 1.54) is 121 Å². The molecule has 0 fully saturated rings. The van der Waals surface area contributed by atoms with Crippen LogP contribution in [-0.4, -0.2) is 11.3 Å². The van der Waals surface area contributed by atoms with Crippen LogP contribution in [0.3, 0.4) is 0 Å². The first-order valence-corrected chi connectivity index (χ1v) is 12.0. The van der Waals surface area contributed by atoms with Gasteiger partial charge in [0.25, 0.3) is 0 Å². The molecular formula is C25H45NO. The summed E-state index contributed by atoms with van der Waals surface area (Å²) < 4.78 is 0. The van der Waals surface area contributed by atoms with Crippen LogP contribution in [0, 0.1) is 0 Å². The van der Waals surface area contributed by atoms with E-state index in [9.17, 15) is 4.79 Å². The highest BCUT2D eigenvalue weighted by Crippen LogP contribution is 2.14. The van der Waals surface area contributed by atoms with Crippen molar-refractivity contribution >= 4 is 6.29 Å². The number of aromatic amines is 1. The fourth-order valence-corrected chi connectivity index (χ4v) is 3.89. The SMILES string of the molecule is CCCCCCCCCCCCCCCCCCCCc1ccc(C=O)[nH]1. The third-order valence-electron chi connectivity index (χ3n) is 5.70. The maximum Gasteiger partial charge on any atom is 0.166 e. The van der Waals surface area contributed by atoms with Gasteiger partial charge in [-0.1, -0.05) is 116 Å². The molecule has 0 saturated carbocycles. The lowest BCUT2D eigenvalue weighted by molar-refractivity contribution is 0.111. The van der Waals surface area contributed by atoms with Crippen LogP contribution in [0.5, 0.6) is 0 Å². The van der Waals surface area contributed by atoms with E-state index in [0.29, 0.717) is 5.69 Å². The van der Waals surface area contributed by atoms with Crippen LogP contribution in [0.4, 0.5) is 0 Å². The molecule has 1 N–H and O–H groups in total. The van der Waals surface area contributed by atoms with Crippen molar-refractivity contribution in [3.63, 3.8) is 0 Å². The quantitative estimate of drug-likeness (QED) is 0.180. The van der Waals surface area contributed by atoms with E-state index in [1.807, 2.05) is 12.1 Å². The molecule has 1 heterocycles. The second-order valence-electron chi connectivity index (χ2n) is 8.32. The molecule has 0 atom stereocenters. The largest absolute Gasteiger partial charge is 0.356 e. The molecule has 0 aliphatic rings. The number of aryl methyl sites for hydroxylation is 1. The average molecular weight is 376 g/mol. The van der Waals surface area contributed by atoms with Gasteiger partial charge in [-0.2, -0.15) is 0 Å². The van der Waals surface area contributed by atoms with Crippen LogP contribution in [0.1, 0.15) is 139 Å². The number of hydrogen-bond donors (Lipinski definition) is 1. The Labute approximate surface area is 168 Å². The van der Waals surface area contributed by atoms with Gasteiger partial charge in [0.2, 0.25) is 0 Å². The van der Waals surface area contributed by atoms with Crippen molar-refractivity contribution < 1.29 is 4.79 Å². The molecule has 1 aromatic heterocycles. The highest BCUT2D eigenvalue weighted by Gasteiger charge is 1.98. The predicted octanol–water partition coefficient (Wildman–Crippen LogP) is 8.41. The Balaban J connectivity index is 1.71. The van der Waals surface area contributed by atoms with Gasteiger partial charge in [0.15, 0.2) is 6.29 Å². The molecule has 0 radical (unpaired) electrons. The Kier molecular flexibility index (Phi) is 16.3. The minimum absolute atomic E-state index is 0.701. The molecule has 1 rings (SSSR count). The van der Waals surface area contributed by atoms with Crippen molar-refractivity contribution in [2.45, 2.75) is 129 Å². The fourth-order valence-electron chi connectivity index (χ4n) is 3.89. The Morgan fingerprint density at radius 1 is 0.630 bits per heavy atom. The lowest BCUT2D eigenvalue weighted by Gasteiger charge is -2.04. The van der Waals surface area contributed by atoms with Gasteiger partial charge in [-0.15, -0.1) is 0 Å². The molecule has 1 aromatic rings. The van der Waals surface area contributed by atoms with Crippen molar-refractivity contribution in [3.05, 3.63) is 23.5 Å². The van der Waals surface area contributed by atoms with E-state index in [-0.39, 0.29) is 0 Å². The Morgan fingerprint density at radius 2 is 1.04 bits per heavy atom. The molecule has 0 aliphatic heterocycles. The highest BCUT2D eigenvalue weighted by atomic mass is 16.1. The van der Waals surface area contributed by atoms with E-state index in [2.05, 4.69) is 11.9 Å². The lowest BCUT2D eigenvalue weighted by Crippen LogP contribution is -1.88. The molecule has 27 heavy (non-hydrogen) atoms. The number of H-pyrrole nitrogens is 1. The van der Waals surface area contributed by atoms with Crippen LogP contribution in [-0.2, 0) is 6.42 Å². The van der Waals surface area contributed by atoms with Gasteiger partial charge in [0.1, 0.15) is 0 Å². The predicted molar refractivity (Wildman–Crippen MR) is 119 cm³/mol. The number of hydrogen-bond acceptors (Lipinski definition) is 1. The molecule has 0 saturated heterocycles. The summed E-state index contributed by atoms with van der Waals surface area (Å²) in [5, 5.41) is 0. The van der Waals surface area contributed by atoms with Gasteiger partial charge < -0.3 is 4.98 Å². The zero-order chi connectivity index (χ0) is 19.4. The summed E-state index contributed by atoms with van der Waals surface area (Å²) in [6.07, 6.45) is 27.4. The smallest absolute Gasteiger partial charge is 0.166 e. The normalized spacial score (nSPS) is 11.1. The van der Waals surface area contributed by atoms with Crippen LogP contribution in [0.25, 0.3) is 0 Å². The summed E-state index contributed by atoms with van der Waals surface area (Å²) in [5.41, 5.74) is 1.90. The molecule has 2 heteroatoms. The summed E-state index contributed by atoms with van der Waals surface area (Å²) in [5.74, 6) is 0. The van der Waals surface area contributed by atoms with Gasteiger partial charge in [-0.05, 0) is 25.0 Å². The maximum atomic E-state index is 10.6. The number of nitrogens with one attached hydrogen (secondary N) is 1. The fraction of sp³-hybridized carbons (Fsp3) is 0.800. The molecule has 0 unspecified atom stereocenters. The summed E-state index contributed by atoms with van der Waals surface area (Å²) in [6.45, 7) is 2.29. The second-order valence-corrected chi connectivity index (χ2v) is 8.32. The third-order valence-corrected chi connectivity index (χ3v) is 5.70. The number of aromatic nitrogens is 1. The van der Waals surface area contributed by atoms with E-state index < -0.39 is 0 Å². The summed E-state index contributed by atoms with van der Waals surface area (Å²) in [6, 6.07) is 3.91. The average Bonchev–Trinajstić information content (AvgIpc) is 3.15. The van der Waals surface area contributed by atoms with E-state index in [0.717, 1.165) is 12.7 Å². The topological polar surface area (TPSA) is 32.9 Å². The number of carbonyl (C=O) groups excluding carboxylic acids is 1. The second kappa shape index (κ2) is 18.3.